The van der Waals surface area contributed by atoms with E-state index in [1.54, 1.807) is 0 Å². The summed E-state index contributed by atoms with van der Waals surface area (Å²) in [5, 5.41) is 2.85. The number of nitrogens with two attached hydrogens (primary N) is 1. The minimum atomic E-state index is -0.447. The lowest BCUT2D eigenvalue weighted by Crippen LogP contribution is -2.39. The standard InChI is InChI=1S/C15H30N2O2/c1-14(2,3)19-13(18)17-10-12(9-16)11-6-7-15(4,5)8-11/h11-12H,6-10,16H2,1-5H3,(H,17,18). The first-order chi connectivity index (χ1) is 8.63. The number of amides is 1. The fourth-order valence-corrected chi connectivity index (χ4v) is 2.86. The van der Waals surface area contributed by atoms with E-state index in [0.717, 1.165) is 0 Å². The highest BCUT2D eigenvalue weighted by molar-refractivity contribution is 5.67. The Kier molecular flexibility index (Phi) is 5.25. The van der Waals surface area contributed by atoms with Gasteiger partial charge in [-0.2, -0.15) is 0 Å². The molecule has 4 nitrogen and oxygen atoms in total. The largest absolute Gasteiger partial charge is 0.444 e. The van der Waals surface area contributed by atoms with Crippen LogP contribution >= 0.6 is 0 Å². The third kappa shape index (κ3) is 5.81. The zero-order valence-corrected chi connectivity index (χ0v) is 13.1. The smallest absolute Gasteiger partial charge is 0.407 e. The van der Waals surface area contributed by atoms with E-state index in [2.05, 4.69) is 19.2 Å². The first-order valence-corrected chi connectivity index (χ1v) is 7.30. The van der Waals surface area contributed by atoms with Crippen molar-refractivity contribution < 1.29 is 9.53 Å². The molecular weight excluding hydrogens is 240 g/mol. The zero-order chi connectivity index (χ0) is 14.7. The van der Waals surface area contributed by atoms with Crippen LogP contribution in [-0.4, -0.2) is 24.8 Å². The molecule has 4 heteroatoms. The normalized spacial score (nSPS) is 24.0. The molecule has 112 valence electrons. The van der Waals surface area contributed by atoms with Crippen molar-refractivity contribution in [2.24, 2.45) is 23.0 Å². The molecule has 0 aromatic rings. The highest BCUT2D eigenvalue weighted by Crippen LogP contribution is 2.43. The molecular formula is C15H30N2O2. The number of ether oxygens (including phenoxy) is 1. The predicted octanol–water partition coefficient (Wildman–Crippen LogP) is 2.91. The van der Waals surface area contributed by atoms with Crippen LogP contribution in [0.4, 0.5) is 4.79 Å². The van der Waals surface area contributed by atoms with E-state index in [4.69, 9.17) is 10.5 Å². The van der Waals surface area contributed by atoms with Crippen LogP contribution in [0.25, 0.3) is 0 Å². The lowest BCUT2D eigenvalue weighted by molar-refractivity contribution is 0.0514. The van der Waals surface area contributed by atoms with Crippen LogP contribution in [0, 0.1) is 17.3 Å². The van der Waals surface area contributed by atoms with E-state index in [0.29, 0.717) is 30.3 Å². The quantitative estimate of drug-likeness (QED) is 0.825. The van der Waals surface area contributed by atoms with E-state index >= 15 is 0 Å². The molecule has 0 aromatic carbocycles. The van der Waals surface area contributed by atoms with Crippen LogP contribution in [0.5, 0.6) is 0 Å². The molecule has 2 atom stereocenters. The summed E-state index contributed by atoms with van der Waals surface area (Å²) in [4.78, 5) is 11.6. The highest BCUT2D eigenvalue weighted by atomic mass is 16.6. The summed E-state index contributed by atoms with van der Waals surface area (Å²) < 4.78 is 5.25. The Bertz CT molecular complexity index is 308. The molecule has 0 aromatic heterocycles. The Hall–Kier alpha value is -0.770. The maximum atomic E-state index is 11.6. The molecule has 3 N–H and O–H groups in total. The molecule has 0 bridgehead atoms. The molecule has 1 saturated carbocycles. The van der Waals surface area contributed by atoms with Crippen molar-refractivity contribution in [2.45, 2.75) is 59.5 Å². The fraction of sp³-hybridized carbons (Fsp3) is 0.933. The minimum absolute atomic E-state index is 0.344. The molecule has 1 aliphatic rings. The topological polar surface area (TPSA) is 64.3 Å². The van der Waals surface area contributed by atoms with Gasteiger partial charge in [-0.05, 0) is 63.8 Å². The second-order valence-electron chi connectivity index (χ2n) is 7.55. The number of nitrogens with one attached hydrogen (secondary N) is 1. The number of hydrogen-bond donors (Lipinski definition) is 2. The van der Waals surface area contributed by atoms with E-state index in [1.165, 1.54) is 19.3 Å². The maximum Gasteiger partial charge on any atom is 0.407 e. The van der Waals surface area contributed by atoms with Gasteiger partial charge < -0.3 is 15.8 Å². The molecule has 2 unspecified atom stereocenters. The van der Waals surface area contributed by atoms with Gasteiger partial charge >= 0.3 is 6.09 Å². The first kappa shape index (κ1) is 16.3. The molecule has 0 aliphatic heterocycles. The van der Waals surface area contributed by atoms with Crippen LogP contribution < -0.4 is 11.1 Å². The number of alkyl carbamates (subject to hydrolysis) is 1. The van der Waals surface area contributed by atoms with Crippen molar-refractivity contribution in [1.29, 1.82) is 0 Å². The summed E-state index contributed by atoms with van der Waals surface area (Å²) in [6.45, 7) is 11.5. The van der Waals surface area contributed by atoms with E-state index in [9.17, 15) is 4.79 Å². The monoisotopic (exact) mass is 270 g/mol. The van der Waals surface area contributed by atoms with Crippen LogP contribution in [0.2, 0.25) is 0 Å². The molecule has 0 heterocycles. The van der Waals surface area contributed by atoms with Gasteiger partial charge in [0.25, 0.3) is 0 Å². The van der Waals surface area contributed by atoms with Gasteiger partial charge in [-0.3, -0.25) is 0 Å². The molecule has 0 saturated heterocycles. The number of carbonyl (C=O) groups is 1. The molecule has 0 spiro atoms. The second kappa shape index (κ2) is 6.12. The van der Waals surface area contributed by atoms with Crippen molar-refractivity contribution in [2.75, 3.05) is 13.1 Å². The van der Waals surface area contributed by atoms with Gasteiger partial charge in [-0.1, -0.05) is 13.8 Å². The summed E-state index contributed by atoms with van der Waals surface area (Å²) in [6.07, 6.45) is 3.32. The summed E-state index contributed by atoms with van der Waals surface area (Å²) in [5.74, 6) is 0.976. The molecule has 1 amide bonds. The van der Waals surface area contributed by atoms with E-state index in [1.807, 2.05) is 20.8 Å². The Balaban J connectivity index is 2.39. The summed E-state index contributed by atoms with van der Waals surface area (Å²) in [6, 6.07) is 0. The van der Waals surface area contributed by atoms with Crippen molar-refractivity contribution in [1.82, 2.24) is 5.32 Å². The Morgan fingerprint density at radius 3 is 2.53 bits per heavy atom. The van der Waals surface area contributed by atoms with Gasteiger partial charge in [0.05, 0.1) is 0 Å². The van der Waals surface area contributed by atoms with Crippen LogP contribution in [0.3, 0.4) is 0 Å². The lowest BCUT2D eigenvalue weighted by Gasteiger charge is -2.25. The average Bonchev–Trinajstić information content (AvgIpc) is 2.57. The first-order valence-electron chi connectivity index (χ1n) is 7.30. The van der Waals surface area contributed by atoms with Crippen molar-refractivity contribution in [3.63, 3.8) is 0 Å². The van der Waals surface area contributed by atoms with Gasteiger partial charge in [0.1, 0.15) is 5.60 Å². The van der Waals surface area contributed by atoms with Crippen molar-refractivity contribution in [3.8, 4) is 0 Å². The molecule has 1 aliphatic carbocycles. The highest BCUT2D eigenvalue weighted by Gasteiger charge is 2.35. The molecule has 1 fully saturated rings. The SMILES string of the molecule is CC1(C)CCC(C(CN)CNC(=O)OC(C)(C)C)C1. The minimum Gasteiger partial charge on any atom is -0.444 e. The fourth-order valence-electron chi connectivity index (χ4n) is 2.86. The zero-order valence-electron chi connectivity index (χ0n) is 13.1. The Morgan fingerprint density at radius 2 is 2.11 bits per heavy atom. The predicted molar refractivity (Wildman–Crippen MR) is 77.9 cm³/mol. The van der Waals surface area contributed by atoms with Gasteiger partial charge in [0.2, 0.25) is 0 Å². The van der Waals surface area contributed by atoms with E-state index in [-0.39, 0.29) is 6.09 Å². The third-order valence-corrected chi connectivity index (χ3v) is 3.88. The van der Waals surface area contributed by atoms with Crippen molar-refractivity contribution >= 4 is 6.09 Å². The molecule has 19 heavy (non-hydrogen) atoms. The summed E-state index contributed by atoms with van der Waals surface area (Å²) >= 11 is 0. The van der Waals surface area contributed by atoms with Gasteiger partial charge in [0.15, 0.2) is 0 Å². The second-order valence-corrected chi connectivity index (χ2v) is 7.55. The summed E-state index contributed by atoms with van der Waals surface area (Å²) in [7, 11) is 0. The van der Waals surface area contributed by atoms with Gasteiger partial charge in [-0.15, -0.1) is 0 Å². The maximum absolute atomic E-state index is 11.6. The number of hydrogen-bond acceptors (Lipinski definition) is 3. The third-order valence-electron chi connectivity index (χ3n) is 3.88. The van der Waals surface area contributed by atoms with Crippen molar-refractivity contribution in [3.05, 3.63) is 0 Å². The summed E-state index contributed by atoms with van der Waals surface area (Å²) in [5.41, 5.74) is 5.84. The lowest BCUT2D eigenvalue weighted by atomic mass is 9.85. The number of rotatable bonds is 4. The van der Waals surface area contributed by atoms with Gasteiger partial charge in [-0.25, -0.2) is 4.79 Å². The Labute approximate surface area is 117 Å². The van der Waals surface area contributed by atoms with Gasteiger partial charge in [0, 0.05) is 6.54 Å². The van der Waals surface area contributed by atoms with Crippen LogP contribution in [0.15, 0.2) is 0 Å². The Morgan fingerprint density at radius 1 is 1.47 bits per heavy atom. The van der Waals surface area contributed by atoms with Crippen LogP contribution in [-0.2, 0) is 4.74 Å². The van der Waals surface area contributed by atoms with E-state index < -0.39 is 5.60 Å². The van der Waals surface area contributed by atoms with Crippen LogP contribution in [0.1, 0.15) is 53.9 Å². The molecule has 1 rings (SSSR count). The average molecular weight is 270 g/mol. The number of carbonyl (C=O) groups excluding carboxylic acids is 1. The molecule has 0 radical (unpaired) electrons.